The molecule has 0 atom stereocenters. The van der Waals surface area contributed by atoms with Gasteiger partial charge in [0.1, 0.15) is 23.8 Å². The third-order valence-electron chi connectivity index (χ3n) is 4.45. The zero-order valence-electron chi connectivity index (χ0n) is 16.5. The molecule has 0 spiro atoms. The molecule has 30 heavy (non-hydrogen) atoms. The zero-order chi connectivity index (χ0) is 21.8. The maximum Gasteiger partial charge on any atom is 0.339 e. The molecule has 8 nitrogen and oxygen atoms in total. The minimum atomic E-state index is -1.21. The van der Waals surface area contributed by atoms with Crippen LogP contribution in [0.5, 0.6) is 5.75 Å². The third-order valence-corrected chi connectivity index (χ3v) is 4.45. The molecular weight excluding hydrogens is 386 g/mol. The van der Waals surface area contributed by atoms with Gasteiger partial charge in [0.25, 0.3) is 5.91 Å². The van der Waals surface area contributed by atoms with Gasteiger partial charge in [0.15, 0.2) is 11.5 Å². The number of carbonyl (C=O) groups is 2. The first-order valence-electron chi connectivity index (χ1n) is 9.06. The molecule has 8 heteroatoms. The number of furan rings is 1. The van der Waals surface area contributed by atoms with Gasteiger partial charge in [-0.25, -0.2) is 4.79 Å². The van der Waals surface area contributed by atoms with Gasteiger partial charge >= 0.3 is 5.97 Å². The van der Waals surface area contributed by atoms with Gasteiger partial charge in [0.2, 0.25) is 0 Å². The average Bonchev–Trinajstić information content (AvgIpc) is 3.17. The van der Waals surface area contributed by atoms with Crippen LogP contribution in [0.25, 0.3) is 11.3 Å². The number of nitrogens with one attached hydrogen (secondary N) is 2. The number of carbonyl (C=O) groups excluding carboxylic acids is 1. The maximum absolute atomic E-state index is 11.9. The molecule has 3 aromatic rings. The fraction of sp³-hybridized carbons (Fsp3) is 0.136. The zero-order valence-corrected chi connectivity index (χ0v) is 16.5. The fourth-order valence-electron chi connectivity index (χ4n) is 2.86. The SMILES string of the molecule is CNC(=O)c1cc(C(=O)O)c(-c2ccc(C)cc2OCc2ccc(C(=N)N)cc2)o1. The summed E-state index contributed by atoms with van der Waals surface area (Å²) in [7, 11) is 1.43. The van der Waals surface area contributed by atoms with Gasteiger partial charge in [-0.2, -0.15) is 0 Å². The normalized spacial score (nSPS) is 10.5. The Kier molecular flexibility index (Phi) is 5.87. The summed E-state index contributed by atoms with van der Waals surface area (Å²) < 4.78 is 11.5. The Hall–Kier alpha value is -4.07. The molecule has 0 bridgehead atoms. The second kappa shape index (κ2) is 8.52. The van der Waals surface area contributed by atoms with Gasteiger partial charge in [-0.15, -0.1) is 0 Å². The molecule has 0 aliphatic heterocycles. The summed E-state index contributed by atoms with van der Waals surface area (Å²) in [6.07, 6.45) is 0. The van der Waals surface area contributed by atoms with Crippen molar-refractivity contribution in [3.05, 3.63) is 76.5 Å². The predicted octanol–water partition coefficient (Wildman–Crippen LogP) is 3.18. The van der Waals surface area contributed by atoms with Crippen LogP contribution in [0.4, 0.5) is 0 Å². The van der Waals surface area contributed by atoms with Crippen molar-refractivity contribution in [1.29, 1.82) is 5.41 Å². The lowest BCUT2D eigenvalue weighted by Gasteiger charge is -2.12. The van der Waals surface area contributed by atoms with Gasteiger partial charge in [-0.1, -0.05) is 30.3 Å². The van der Waals surface area contributed by atoms with Gasteiger partial charge in [0.05, 0.1) is 5.56 Å². The quantitative estimate of drug-likeness (QED) is 0.350. The number of carboxylic acid groups (broad SMARTS) is 1. The molecule has 3 rings (SSSR count). The van der Waals surface area contributed by atoms with Crippen LogP contribution in [0, 0.1) is 12.3 Å². The number of rotatable bonds is 7. The number of nitrogens with two attached hydrogens (primary N) is 1. The van der Waals surface area contributed by atoms with Crippen LogP contribution in [0.2, 0.25) is 0 Å². The second-order valence-corrected chi connectivity index (χ2v) is 6.64. The molecule has 1 aromatic heterocycles. The van der Waals surface area contributed by atoms with Crippen LogP contribution in [-0.2, 0) is 6.61 Å². The fourth-order valence-corrected chi connectivity index (χ4v) is 2.86. The summed E-state index contributed by atoms with van der Waals surface area (Å²) in [4.78, 5) is 23.6. The highest BCUT2D eigenvalue weighted by Crippen LogP contribution is 2.36. The Bertz CT molecular complexity index is 1120. The Labute approximate surface area is 172 Å². The first-order valence-corrected chi connectivity index (χ1v) is 9.06. The van der Waals surface area contributed by atoms with Crippen molar-refractivity contribution in [2.24, 2.45) is 5.73 Å². The third kappa shape index (κ3) is 4.33. The van der Waals surface area contributed by atoms with Crippen LogP contribution in [0.1, 0.15) is 37.6 Å². The Morgan fingerprint density at radius 3 is 2.47 bits per heavy atom. The average molecular weight is 407 g/mol. The number of hydrogen-bond donors (Lipinski definition) is 4. The summed E-state index contributed by atoms with van der Waals surface area (Å²) in [6, 6.07) is 13.5. The number of hydrogen-bond acceptors (Lipinski definition) is 5. The lowest BCUT2D eigenvalue weighted by Crippen LogP contribution is -2.16. The van der Waals surface area contributed by atoms with E-state index in [1.54, 1.807) is 42.5 Å². The van der Waals surface area contributed by atoms with Crippen molar-refractivity contribution in [1.82, 2.24) is 5.32 Å². The van der Waals surface area contributed by atoms with Crippen molar-refractivity contribution < 1.29 is 23.8 Å². The molecule has 0 unspecified atom stereocenters. The summed E-state index contributed by atoms with van der Waals surface area (Å²) in [5.41, 5.74) is 8.13. The highest BCUT2D eigenvalue weighted by atomic mass is 16.5. The van der Waals surface area contributed by atoms with E-state index in [0.29, 0.717) is 16.9 Å². The molecule has 0 fully saturated rings. The number of nitrogen functional groups attached to an aromatic ring is 1. The number of aromatic carboxylic acids is 1. The van der Waals surface area contributed by atoms with E-state index in [4.69, 9.17) is 20.3 Å². The Morgan fingerprint density at radius 1 is 1.17 bits per heavy atom. The van der Waals surface area contributed by atoms with Crippen LogP contribution < -0.4 is 15.8 Å². The van der Waals surface area contributed by atoms with Crippen LogP contribution in [0.15, 0.2) is 52.9 Å². The molecule has 0 saturated carbocycles. The minimum absolute atomic E-state index is 0.0191. The summed E-state index contributed by atoms with van der Waals surface area (Å²) in [5, 5.41) is 19.4. The molecule has 154 valence electrons. The van der Waals surface area contributed by atoms with Crippen molar-refractivity contribution in [2.75, 3.05) is 7.05 Å². The summed E-state index contributed by atoms with van der Waals surface area (Å²) >= 11 is 0. The molecule has 0 aliphatic carbocycles. The van der Waals surface area contributed by atoms with Crippen molar-refractivity contribution in [2.45, 2.75) is 13.5 Å². The van der Waals surface area contributed by atoms with Crippen molar-refractivity contribution >= 4 is 17.7 Å². The lowest BCUT2D eigenvalue weighted by atomic mass is 10.1. The second-order valence-electron chi connectivity index (χ2n) is 6.64. The van der Waals surface area contributed by atoms with E-state index in [0.717, 1.165) is 11.1 Å². The molecule has 0 saturated heterocycles. The predicted molar refractivity (Wildman–Crippen MR) is 111 cm³/mol. The molecule has 1 heterocycles. The van der Waals surface area contributed by atoms with Gasteiger partial charge in [-0.3, -0.25) is 10.2 Å². The number of carboxylic acids is 1. The molecule has 0 aliphatic rings. The lowest BCUT2D eigenvalue weighted by molar-refractivity contribution is 0.0697. The first-order chi connectivity index (χ1) is 14.3. The topological polar surface area (TPSA) is 139 Å². The molecule has 5 N–H and O–H groups in total. The van der Waals surface area contributed by atoms with Gasteiger partial charge < -0.3 is 25.3 Å². The Morgan fingerprint density at radius 2 is 1.87 bits per heavy atom. The highest BCUT2D eigenvalue weighted by molar-refractivity contribution is 6.00. The van der Waals surface area contributed by atoms with Crippen LogP contribution >= 0.6 is 0 Å². The Balaban J connectivity index is 1.96. The molecule has 0 radical (unpaired) electrons. The first kappa shape index (κ1) is 20.7. The standard InChI is InChI=1S/C22H21N3O5/c1-12-3-8-15(19-16(22(27)28)10-18(30-19)21(26)25-2)17(9-12)29-11-13-4-6-14(7-5-13)20(23)24/h3-10H,11H2,1-2H3,(H3,23,24)(H,25,26)(H,27,28). The minimum Gasteiger partial charge on any atom is -0.488 e. The smallest absolute Gasteiger partial charge is 0.339 e. The van der Waals surface area contributed by atoms with Crippen LogP contribution in [-0.4, -0.2) is 29.9 Å². The van der Waals surface area contributed by atoms with E-state index in [-0.39, 0.29) is 29.5 Å². The number of ether oxygens (including phenoxy) is 1. The maximum atomic E-state index is 11.9. The summed E-state index contributed by atoms with van der Waals surface area (Å²) in [6.45, 7) is 2.09. The highest BCUT2D eigenvalue weighted by Gasteiger charge is 2.24. The van der Waals surface area contributed by atoms with E-state index in [2.05, 4.69) is 5.32 Å². The number of benzene rings is 2. The van der Waals surface area contributed by atoms with Crippen molar-refractivity contribution in [3.8, 4) is 17.1 Å². The van der Waals surface area contributed by atoms with Crippen LogP contribution in [0.3, 0.4) is 0 Å². The van der Waals surface area contributed by atoms with E-state index in [9.17, 15) is 14.7 Å². The largest absolute Gasteiger partial charge is 0.488 e. The van der Waals surface area contributed by atoms with Gasteiger partial charge in [0, 0.05) is 18.7 Å². The van der Waals surface area contributed by atoms with E-state index in [1.165, 1.54) is 13.1 Å². The molecule has 1 amide bonds. The summed E-state index contributed by atoms with van der Waals surface area (Å²) in [5.74, 6) is -1.39. The molecular formula is C22H21N3O5. The number of aryl methyl sites for hydroxylation is 1. The van der Waals surface area contributed by atoms with Crippen molar-refractivity contribution in [3.63, 3.8) is 0 Å². The number of amides is 1. The van der Waals surface area contributed by atoms with E-state index >= 15 is 0 Å². The monoisotopic (exact) mass is 407 g/mol. The van der Waals surface area contributed by atoms with E-state index in [1.807, 2.05) is 6.92 Å². The molecule has 2 aromatic carbocycles. The van der Waals surface area contributed by atoms with E-state index < -0.39 is 11.9 Å². The number of amidine groups is 1. The van der Waals surface area contributed by atoms with Gasteiger partial charge in [-0.05, 0) is 30.2 Å².